The molecule has 0 aliphatic heterocycles. The summed E-state index contributed by atoms with van der Waals surface area (Å²) in [6.45, 7) is 5.42. The quantitative estimate of drug-likeness (QED) is 0.246. The van der Waals surface area contributed by atoms with Crippen LogP contribution in [0.25, 0.3) is 22.1 Å². The van der Waals surface area contributed by atoms with Crippen LogP contribution in [0.5, 0.6) is 0 Å². The molecule has 0 saturated carbocycles. The molecule has 152 valence electrons. The lowest BCUT2D eigenvalue weighted by molar-refractivity contribution is 0.0543. The van der Waals surface area contributed by atoms with Gasteiger partial charge in [0.05, 0.1) is 10.0 Å². The summed E-state index contributed by atoms with van der Waals surface area (Å²) in [5, 5.41) is 2.82. The number of carbonyl (C=O) groups is 1. The maximum absolute atomic E-state index is 12.0. The van der Waals surface area contributed by atoms with Gasteiger partial charge in [-0.25, -0.2) is 19.3 Å². The fourth-order valence-electron chi connectivity index (χ4n) is 2.44. The molecule has 0 amide bonds. The molecule has 0 aliphatic carbocycles. The summed E-state index contributed by atoms with van der Waals surface area (Å²) >= 11 is 18.6. The third-order valence-corrected chi connectivity index (χ3v) is 5.08. The predicted octanol–water partition coefficient (Wildman–Crippen LogP) is 7.21. The van der Waals surface area contributed by atoms with Crippen molar-refractivity contribution in [1.29, 1.82) is 0 Å². The van der Waals surface area contributed by atoms with Crippen LogP contribution in [0, 0.1) is 0 Å². The molecule has 0 aromatic carbocycles. The summed E-state index contributed by atoms with van der Waals surface area (Å²) in [6, 6.07) is 3.74. The highest BCUT2D eigenvalue weighted by atomic mass is 79.9. The molecule has 0 atom stereocenters. The van der Waals surface area contributed by atoms with Crippen LogP contribution in [0.1, 0.15) is 20.8 Å². The molecule has 0 bridgehead atoms. The Morgan fingerprint density at radius 3 is 2.34 bits per heavy atom. The van der Waals surface area contributed by atoms with Crippen LogP contribution in [-0.2, 0) is 4.74 Å². The van der Waals surface area contributed by atoms with E-state index in [9.17, 15) is 4.79 Å². The van der Waals surface area contributed by atoms with Gasteiger partial charge >= 0.3 is 6.09 Å². The van der Waals surface area contributed by atoms with Crippen molar-refractivity contribution in [3.63, 3.8) is 0 Å². The van der Waals surface area contributed by atoms with E-state index >= 15 is 0 Å². The Labute approximate surface area is 193 Å². The first-order valence-electron chi connectivity index (χ1n) is 8.39. The van der Waals surface area contributed by atoms with Gasteiger partial charge in [0.1, 0.15) is 11.2 Å². The van der Waals surface area contributed by atoms with Crippen LogP contribution in [0.3, 0.4) is 0 Å². The standard InChI is InChI=1S/C12H12BrClN2O2.C7H4BrClN2/c1-12(2,3)18-11(17)16-6-9(14)8-4-7(13)5-15-10(8)16;8-4-1-5-6(9)3-11-7(5)10-2-4/h4-6H,1-3H3;1-3H,(H,10,11). The number of H-pyrrole nitrogens is 1. The van der Waals surface area contributed by atoms with E-state index in [1.807, 2.05) is 32.9 Å². The Kier molecular flexibility index (Phi) is 6.57. The number of ether oxygens (including phenoxy) is 1. The second kappa shape index (κ2) is 8.63. The Morgan fingerprint density at radius 1 is 1.07 bits per heavy atom. The molecule has 6 nitrogen and oxygen atoms in total. The van der Waals surface area contributed by atoms with Gasteiger partial charge < -0.3 is 9.72 Å². The highest BCUT2D eigenvalue weighted by Gasteiger charge is 2.21. The number of nitrogens with one attached hydrogen (secondary N) is 1. The van der Waals surface area contributed by atoms with Gasteiger partial charge in [-0.2, -0.15) is 0 Å². The van der Waals surface area contributed by atoms with Gasteiger partial charge in [0.15, 0.2) is 5.65 Å². The van der Waals surface area contributed by atoms with Crippen molar-refractivity contribution in [2.75, 3.05) is 0 Å². The van der Waals surface area contributed by atoms with Crippen LogP contribution in [0.2, 0.25) is 10.0 Å². The monoisotopic (exact) mass is 560 g/mol. The lowest BCUT2D eigenvalue weighted by Gasteiger charge is -2.19. The van der Waals surface area contributed by atoms with Crippen molar-refractivity contribution >= 4 is 83.2 Å². The van der Waals surface area contributed by atoms with Gasteiger partial charge in [-0.05, 0) is 64.8 Å². The molecular formula is C19H16Br2Cl2N4O2. The van der Waals surface area contributed by atoms with E-state index in [2.05, 4.69) is 46.8 Å². The third-order valence-electron chi connectivity index (χ3n) is 3.60. The predicted molar refractivity (Wildman–Crippen MR) is 123 cm³/mol. The van der Waals surface area contributed by atoms with Crippen LogP contribution in [0.15, 0.2) is 45.9 Å². The molecule has 0 radical (unpaired) electrons. The molecule has 0 fully saturated rings. The summed E-state index contributed by atoms with van der Waals surface area (Å²) in [6.07, 6.45) is 6.09. The number of hydrogen-bond donors (Lipinski definition) is 1. The summed E-state index contributed by atoms with van der Waals surface area (Å²) in [7, 11) is 0. The summed E-state index contributed by atoms with van der Waals surface area (Å²) < 4.78 is 8.34. The molecule has 0 aliphatic rings. The average Bonchev–Trinajstić information content (AvgIpc) is 3.15. The average molecular weight is 563 g/mol. The Bertz CT molecular complexity index is 1200. The maximum Gasteiger partial charge on any atom is 0.420 e. The second-order valence-electron chi connectivity index (χ2n) is 7.04. The van der Waals surface area contributed by atoms with Gasteiger partial charge in [-0.1, -0.05) is 23.2 Å². The fourth-order valence-corrected chi connectivity index (χ4v) is 3.54. The zero-order valence-electron chi connectivity index (χ0n) is 15.6. The van der Waals surface area contributed by atoms with Crippen LogP contribution >= 0.6 is 55.1 Å². The summed E-state index contributed by atoms with van der Waals surface area (Å²) in [5.41, 5.74) is 0.742. The SMILES string of the molecule is CC(C)(C)OC(=O)n1cc(Cl)c2cc(Br)cnc21.Clc1c[nH]c2ncc(Br)cc12. The molecule has 4 heterocycles. The van der Waals surface area contributed by atoms with Crippen molar-refractivity contribution in [1.82, 2.24) is 19.5 Å². The highest BCUT2D eigenvalue weighted by molar-refractivity contribution is 9.10. The molecule has 29 heavy (non-hydrogen) atoms. The normalized spacial score (nSPS) is 11.4. The number of aromatic nitrogens is 4. The molecule has 0 spiro atoms. The minimum absolute atomic E-state index is 0.463. The minimum atomic E-state index is -0.560. The molecule has 0 unspecified atom stereocenters. The topological polar surface area (TPSA) is 72.8 Å². The number of hydrogen-bond acceptors (Lipinski definition) is 4. The van der Waals surface area contributed by atoms with Crippen molar-refractivity contribution < 1.29 is 9.53 Å². The second-order valence-corrected chi connectivity index (χ2v) is 9.68. The Morgan fingerprint density at radius 2 is 1.69 bits per heavy atom. The smallest absolute Gasteiger partial charge is 0.420 e. The lowest BCUT2D eigenvalue weighted by Crippen LogP contribution is -2.26. The molecule has 4 aromatic rings. The number of carbonyl (C=O) groups excluding carboxylic acids is 1. The van der Waals surface area contributed by atoms with Crippen molar-refractivity contribution in [3.05, 3.63) is 55.9 Å². The van der Waals surface area contributed by atoms with E-state index in [1.54, 1.807) is 18.6 Å². The van der Waals surface area contributed by atoms with E-state index in [1.165, 1.54) is 10.8 Å². The van der Waals surface area contributed by atoms with Crippen molar-refractivity contribution in [2.45, 2.75) is 26.4 Å². The van der Waals surface area contributed by atoms with E-state index in [0.29, 0.717) is 21.1 Å². The number of halogens is 4. The number of nitrogens with zero attached hydrogens (tertiary/aromatic N) is 3. The Hall–Kier alpha value is -1.61. The molecular weight excluding hydrogens is 547 g/mol. The van der Waals surface area contributed by atoms with Gasteiger partial charge in [0, 0.05) is 44.5 Å². The van der Waals surface area contributed by atoms with Gasteiger partial charge in [0.2, 0.25) is 0 Å². The first-order chi connectivity index (χ1) is 13.5. The summed E-state index contributed by atoms with van der Waals surface area (Å²) in [4.78, 5) is 23.3. The minimum Gasteiger partial charge on any atom is -0.443 e. The molecule has 1 N–H and O–H groups in total. The van der Waals surface area contributed by atoms with Crippen molar-refractivity contribution in [2.24, 2.45) is 0 Å². The van der Waals surface area contributed by atoms with Gasteiger partial charge in [-0.15, -0.1) is 0 Å². The van der Waals surface area contributed by atoms with Gasteiger partial charge in [0.25, 0.3) is 0 Å². The van der Waals surface area contributed by atoms with E-state index < -0.39 is 11.7 Å². The fraction of sp³-hybridized carbons (Fsp3) is 0.211. The highest BCUT2D eigenvalue weighted by Crippen LogP contribution is 2.27. The largest absolute Gasteiger partial charge is 0.443 e. The van der Waals surface area contributed by atoms with Gasteiger partial charge in [-0.3, -0.25) is 0 Å². The zero-order chi connectivity index (χ0) is 21.3. The number of fused-ring (bicyclic) bond motifs is 2. The lowest BCUT2D eigenvalue weighted by atomic mass is 10.2. The van der Waals surface area contributed by atoms with E-state index in [-0.39, 0.29) is 0 Å². The molecule has 4 rings (SSSR count). The zero-order valence-corrected chi connectivity index (χ0v) is 20.3. The first kappa shape index (κ1) is 22.1. The number of aromatic amines is 1. The van der Waals surface area contributed by atoms with E-state index in [4.69, 9.17) is 27.9 Å². The Balaban J connectivity index is 0.000000186. The third kappa shape index (κ3) is 5.31. The first-order valence-corrected chi connectivity index (χ1v) is 10.7. The maximum atomic E-state index is 12.0. The number of pyridine rings is 2. The number of rotatable bonds is 0. The van der Waals surface area contributed by atoms with Crippen LogP contribution < -0.4 is 0 Å². The van der Waals surface area contributed by atoms with Crippen LogP contribution in [-0.4, -0.2) is 31.2 Å². The molecule has 10 heteroatoms. The molecule has 0 saturated heterocycles. The van der Waals surface area contributed by atoms with E-state index in [0.717, 1.165) is 20.0 Å². The summed E-state index contributed by atoms with van der Waals surface area (Å²) in [5.74, 6) is 0. The molecule has 4 aromatic heterocycles. The van der Waals surface area contributed by atoms with Crippen molar-refractivity contribution in [3.8, 4) is 0 Å². The van der Waals surface area contributed by atoms with Crippen LogP contribution in [0.4, 0.5) is 4.79 Å².